The Morgan fingerprint density at radius 2 is 1.62 bits per heavy atom. The van der Waals surface area contributed by atoms with E-state index in [4.69, 9.17) is 11.6 Å². The summed E-state index contributed by atoms with van der Waals surface area (Å²) in [4.78, 5) is 29.3. The minimum Gasteiger partial charge on any atom is -0.354 e. The molecule has 3 rings (SSSR count). The van der Waals surface area contributed by atoms with E-state index in [1.165, 1.54) is 4.90 Å². The largest absolute Gasteiger partial charge is 0.354 e. The van der Waals surface area contributed by atoms with Crippen LogP contribution in [-0.2, 0) is 32.6 Å². The molecule has 3 aromatic carbocycles. The van der Waals surface area contributed by atoms with Crippen LogP contribution in [0.3, 0.4) is 0 Å². The number of anilines is 1. The maximum atomic E-state index is 14.1. The first kappa shape index (κ1) is 31.2. The molecule has 0 fully saturated rings. The number of nitrogens with one attached hydrogen (secondary N) is 1. The molecule has 214 valence electrons. The van der Waals surface area contributed by atoms with Crippen LogP contribution in [0.1, 0.15) is 42.0 Å². The number of benzene rings is 3. The van der Waals surface area contributed by atoms with Gasteiger partial charge in [-0.25, -0.2) is 8.42 Å². The number of rotatable bonds is 13. The lowest BCUT2D eigenvalue weighted by molar-refractivity contribution is -0.140. The molecule has 7 nitrogen and oxygen atoms in total. The van der Waals surface area contributed by atoms with Crippen LogP contribution < -0.4 is 9.62 Å². The molecular weight excluding hydrogens is 546 g/mol. The minimum absolute atomic E-state index is 0.144. The molecule has 1 atom stereocenters. The van der Waals surface area contributed by atoms with Crippen molar-refractivity contribution in [2.75, 3.05) is 23.7 Å². The molecule has 0 saturated heterocycles. The highest BCUT2D eigenvalue weighted by Crippen LogP contribution is 2.28. The van der Waals surface area contributed by atoms with E-state index in [2.05, 4.69) is 5.32 Å². The Hall–Kier alpha value is -3.36. The van der Waals surface area contributed by atoms with Crippen LogP contribution >= 0.6 is 11.6 Å². The fourth-order valence-corrected chi connectivity index (χ4v) is 5.60. The van der Waals surface area contributed by atoms with E-state index in [1.807, 2.05) is 68.4 Å². The number of hydrogen-bond acceptors (Lipinski definition) is 4. The molecule has 9 heteroatoms. The second-order valence-corrected chi connectivity index (χ2v) is 12.3. The number of halogens is 1. The van der Waals surface area contributed by atoms with Gasteiger partial charge in [0.1, 0.15) is 12.6 Å². The molecule has 0 saturated carbocycles. The predicted molar refractivity (Wildman–Crippen MR) is 162 cm³/mol. The van der Waals surface area contributed by atoms with Crippen molar-refractivity contribution < 1.29 is 18.0 Å². The van der Waals surface area contributed by atoms with Gasteiger partial charge in [-0.15, -0.1) is 0 Å². The fourth-order valence-electron chi connectivity index (χ4n) is 4.53. The van der Waals surface area contributed by atoms with Gasteiger partial charge in [0, 0.05) is 24.5 Å². The van der Waals surface area contributed by atoms with Crippen molar-refractivity contribution in [2.45, 2.75) is 52.6 Å². The normalized spacial score (nSPS) is 12.0. The van der Waals surface area contributed by atoms with Gasteiger partial charge in [-0.1, -0.05) is 91.2 Å². The van der Waals surface area contributed by atoms with Gasteiger partial charge in [0.15, 0.2) is 0 Å². The molecule has 0 aliphatic heterocycles. The molecule has 0 unspecified atom stereocenters. The van der Waals surface area contributed by atoms with Crippen LogP contribution in [0, 0.1) is 13.8 Å². The SMILES string of the molecule is CCCCNC(=O)[C@@H](Cc1ccccc1)N(Cc1cccc(C)c1)C(=O)CN(c1cccc(Cl)c1C)S(C)(=O)=O. The van der Waals surface area contributed by atoms with E-state index >= 15 is 0 Å². The van der Waals surface area contributed by atoms with Gasteiger partial charge in [-0.05, 0) is 49.1 Å². The highest BCUT2D eigenvalue weighted by molar-refractivity contribution is 7.92. The quantitative estimate of drug-likeness (QED) is 0.277. The Balaban J connectivity index is 2.06. The van der Waals surface area contributed by atoms with Gasteiger partial charge < -0.3 is 10.2 Å². The highest BCUT2D eigenvalue weighted by atomic mass is 35.5. The summed E-state index contributed by atoms with van der Waals surface area (Å²) in [5.41, 5.74) is 3.63. The Morgan fingerprint density at radius 3 is 2.27 bits per heavy atom. The van der Waals surface area contributed by atoms with Crippen LogP contribution in [0.15, 0.2) is 72.8 Å². The zero-order valence-electron chi connectivity index (χ0n) is 23.6. The lowest BCUT2D eigenvalue weighted by Gasteiger charge is -2.34. The number of aryl methyl sites for hydroxylation is 1. The minimum atomic E-state index is -3.86. The van der Waals surface area contributed by atoms with E-state index in [0.29, 0.717) is 22.8 Å². The first-order valence-corrected chi connectivity index (χ1v) is 15.6. The molecule has 0 heterocycles. The van der Waals surface area contributed by atoms with E-state index in [9.17, 15) is 18.0 Å². The van der Waals surface area contributed by atoms with Crippen molar-refractivity contribution >= 4 is 39.1 Å². The third-order valence-corrected chi connectivity index (χ3v) is 8.26. The lowest BCUT2D eigenvalue weighted by atomic mass is 10.0. The second-order valence-electron chi connectivity index (χ2n) is 10.0. The third kappa shape index (κ3) is 8.57. The number of carbonyl (C=O) groups excluding carboxylic acids is 2. The van der Waals surface area contributed by atoms with E-state index in [-0.39, 0.29) is 18.9 Å². The number of sulfonamides is 1. The van der Waals surface area contributed by atoms with Crippen LogP contribution in [-0.4, -0.2) is 50.5 Å². The average Bonchev–Trinajstić information content (AvgIpc) is 2.91. The van der Waals surface area contributed by atoms with E-state index in [0.717, 1.165) is 40.1 Å². The molecule has 0 aromatic heterocycles. The topological polar surface area (TPSA) is 86.8 Å². The van der Waals surface area contributed by atoms with Crippen molar-refractivity contribution in [3.05, 3.63) is 100 Å². The summed E-state index contributed by atoms with van der Waals surface area (Å²) in [5, 5.41) is 3.38. The fraction of sp³-hybridized carbons (Fsp3) is 0.355. The number of unbranched alkanes of at least 4 members (excludes halogenated alkanes) is 1. The molecular formula is C31H38ClN3O4S. The monoisotopic (exact) mass is 583 g/mol. The summed E-state index contributed by atoms with van der Waals surface area (Å²) < 4.78 is 27.0. The van der Waals surface area contributed by atoms with Crippen molar-refractivity contribution in [2.24, 2.45) is 0 Å². The summed E-state index contributed by atoms with van der Waals surface area (Å²) in [5.74, 6) is -0.763. The number of nitrogens with zero attached hydrogens (tertiary/aromatic N) is 2. The number of amides is 2. The predicted octanol–water partition coefficient (Wildman–Crippen LogP) is 5.28. The molecule has 3 aromatic rings. The lowest BCUT2D eigenvalue weighted by Crippen LogP contribution is -2.53. The molecule has 0 spiro atoms. The van der Waals surface area contributed by atoms with Crippen LogP contribution in [0.4, 0.5) is 5.69 Å². The Labute approximate surface area is 243 Å². The van der Waals surface area contributed by atoms with Gasteiger partial charge in [0.25, 0.3) is 0 Å². The van der Waals surface area contributed by atoms with Crippen molar-refractivity contribution in [3.63, 3.8) is 0 Å². The summed E-state index contributed by atoms with van der Waals surface area (Å²) in [6.07, 6.45) is 3.07. The molecule has 2 amide bonds. The second kappa shape index (κ2) is 14.3. The van der Waals surface area contributed by atoms with Gasteiger partial charge in [-0.2, -0.15) is 0 Å². The highest BCUT2D eigenvalue weighted by Gasteiger charge is 2.33. The number of carbonyl (C=O) groups is 2. The molecule has 0 aliphatic rings. The number of hydrogen-bond donors (Lipinski definition) is 1. The van der Waals surface area contributed by atoms with Gasteiger partial charge in [0.2, 0.25) is 21.8 Å². The average molecular weight is 584 g/mol. The Morgan fingerprint density at radius 1 is 0.950 bits per heavy atom. The van der Waals surface area contributed by atoms with E-state index in [1.54, 1.807) is 25.1 Å². The molecule has 0 aliphatic carbocycles. The summed E-state index contributed by atoms with van der Waals surface area (Å²) in [6.45, 7) is 5.87. The summed E-state index contributed by atoms with van der Waals surface area (Å²) >= 11 is 6.30. The van der Waals surface area contributed by atoms with Gasteiger partial charge in [0.05, 0.1) is 11.9 Å². The molecule has 0 radical (unpaired) electrons. The smallest absolute Gasteiger partial charge is 0.244 e. The zero-order chi connectivity index (χ0) is 29.3. The van der Waals surface area contributed by atoms with Crippen molar-refractivity contribution in [1.82, 2.24) is 10.2 Å². The van der Waals surface area contributed by atoms with E-state index < -0.39 is 28.5 Å². The summed E-state index contributed by atoms with van der Waals surface area (Å²) in [6, 6.07) is 21.3. The van der Waals surface area contributed by atoms with Gasteiger partial charge in [-0.3, -0.25) is 13.9 Å². The Bertz CT molecular complexity index is 1410. The standard InChI is InChI=1S/C31H38ClN3O4S/c1-5-6-18-33-31(37)29(20-25-13-8-7-9-14-25)34(21-26-15-10-12-23(2)19-26)30(36)22-35(40(4,38)39)28-17-11-16-27(32)24(28)3/h7-17,19,29H,5-6,18,20-22H2,1-4H3,(H,33,37)/t29-/m1/s1. The first-order valence-electron chi connectivity index (χ1n) is 13.4. The molecule has 0 bridgehead atoms. The van der Waals surface area contributed by atoms with Crippen molar-refractivity contribution in [1.29, 1.82) is 0 Å². The molecule has 1 N–H and O–H groups in total. The maximum absolute atomic E-state index is 14.1. The van der Waals surface area contributed by atoms with Crippen LogP contribution in [0.5, 0.6) is 0 Å². The van der Waals surface area contributed by atoms with Crippen LogP contribution in [0.25, 0.3) is 0 Å². The zero-order valence-corrected chi connectivity index (χ0v) is 25.1. The Kier molecular flexibility index (Phi) is 11.2. The van der Waals surface area contributed by atoms with Gasteiger partial charge >= 0.3 is 0 Å². The molecule has 40 heavy (non-hydrogen) atoms. The first-order chi connectivity index (χ1) is 19.0. The third-order valence-electron chi connectivity index (χ3n) is 6.72. The van der Waals surface area contributed by atoms with Crippen molar-refractivity contribution in [3.8, 4) is 0 Å². The van der Waals surface area contributed by atoms with Crippen LogP contribution in [0.2, 0.25) is 5.02 Å². The maximum Gasteiger partial charge on any atom is 0.244 e. The summed E-state index contributed by atoms with van der Waals surface area (Å²) in [7, 11) is -3.86.